The molecule has 1 amide bonds. The third-order valence-corrected chi connectivity index (χ3v) is 2.18. The number of carbonyl (C=O) groups is 2. The minimum absolute atomic E-state index is 0.0694. The van der Waals surface area contributed by atoms with Crippen molar-refractivity contribution in [2.45, 2.75) is 12.6 Å². The Labute approximate surface area is 106 Å². The van der Waals surface area contributed by atoms with Crippen LogP contribution in [0.25, 0.3) is 0 Å². The van der Waals surface area contributed by atoms with Crippen molar-refractivity contribution >= 4 is 17.6 Å². The van der Waals surface area contributed by atoms with Gasteiger partial charge in [-0.05, 0) is 18.2 Å². The Bertz CT molecular complexity index is 523. The number of benzene rings is 1. The zero-order valence-electron chi connectivity index (χ0n) is 9.62. The Morgan fingerprint density at radius 1 is 1.37 bits per heavy atom. The van der Waals surface area contributed by atoms with Crippen molar-refractivity contribution in [3.8, 4) is 0 Å². The number of hydrogen-bond donors (Lipinski definition) is 2. The van der Waals surface area contributed by atoms with E-state index in [1.54, 1.807) is 0 Å². The van der Waals surface area contributed by atoms with Crippen molar-refractivity contribution in [2.24, 2.45) is 0 Å². The van der Waals surface area contributed by atoms with Gasteiger partial charge in [0.15, 0.2) is 0 Å². The first-order chi connectivity index (χ1) is 8.75. The molecule has 0 aromatic heterocycles. The lowest BCUT2D eigenvalue weighted by Gasteiger charge is -2.11. The number of nitrogens with one attached hydrogen (secondary N) is 1. The Morgan fingerprint density at radius 3 is 2.47 bits per heavy atom. The summed E-state index contributed by atoms with van der Waals surface area (Å²) in [6.07, 6.45) is -3.42. The molecule has 19 heavy (non-hydrogen) atoms. The van der Waals surface area contributed by atoms with E-state index >= 15 is 0 Å². The van der Waals surface area contributed by atoms with Crippen molar-refractivity contribution in [1.82, 2.24) is 0 Å². The SMILES string of the molecule is C=CCC(=O)Nc1ccc(C(F)(F)F)cc1C(=O)O. The molecule has 0 aliphatic heterocycles. The molecule has 0 heterocycles. The van der Waals surface area contributed by atoms with Crippen LogP contribution in [0.3, 0.4) is 0 Å². The van der Waals surface area contributed by atoms with Gasteiger partial charge in [-0.15, -0.1) is 6.58 Å². The second-order valence-electron chi connectivity index (χ2n) is 3.60. The third-order valence-electron chi connectivity index (χ3n) is 2.18. The van der Waals surface area contributed by atoms with Gasteiger partial charge >= 0.3 is 12.1 Å². The summed E-state index contributed by atoms with van der Waals surface area (Å²) in [6, 6.07) is 2.09. The summed E-state index contributed by atoms with van der Waals surface area (Å²) in [7, 11) is 0. The monoisotopic (exact) mass is 273 g/mol. The quantitative estimate of drug-likeness (QED) is 0.829. The van der Waals surface area contributed by atoms with Gasteiger partial charge in [0.1, 0.15) is 0 Å². The molecule has 0 saturated heterocycles. The van der Waals surface area contributed by atoms with Gasteiger partial charge in [-0.3, -0.25) is 4.79 Å². The second-order valence-corrected chi connectivity index (χ2v) is 3.60. The highest BCUT2D eigenvalue weighted by Crippen LogP contribution is 2.31. The maximum Gasteiger partial charge on any atom is 0.416 e. The van der Waals surface area contributed by atoms with Gasteiger partial charge in [-0.1, -0.05) is 6.08 Å². The number of rotatable bonds is 4. The molecule has 0 saturated carbocycles. The summed E-state index contributed by atoms with van der Waals surface area (Å²) in [4.78, 5) is 22.2. The van der Waals surface area contributed by atoms with Crippen LogP contribution in [0, 0.1) is 0 Å². The Kier molecular flexibility index (Phi) is 4.31. The van der Waals surface area contributed by atoms with Crippen LogP contribution in [-0.2, 0) is 11.0 Å². The number of aromatic carboxylic acids is 1. The van der Waals surface area contributed by atoms with Gasteiger partial charge in [0.05, 0.1) is 16.8 Å². The van der Waals surface area contributed by atoms with Gasteiger partial charge in [0.2, 0.25) is 5.91 Å². The highest BCUT2D eigenvalue weighted by molar-refractivity contribution is 6.01. The molecule has 0 atom stereocenters. The summed E-state index contributed by atoms with van der Waals surface area (Å²) in [5, 5.41) is 11.1. The lowest BCUT2D eigenvalue weighted by molar-refractivity contribution is -0.137. The highest BCUT2D eigenvalue weighted by atomic mass is 19.4. The van der Waals surface area contributed by atoms with Crippen molar-refractivity contribution in [2.75, 3.05) is 5.32 Å². The summed E-state index contributed by atoms with van der Waals surface area (Å²) in [6.45, 7) is 3.32. The molecule has 0 fully saturated rings. The summed E-state index contributed by atoms with van der Waals surface area (Å²) in [5.41, 5.74) is -1.90. The maximum atomic E-state index is 12.5. The van der Waals surface area contributed by atoms with Gasteiger partial charge in [0, 0.05) is 6.42 Å². The number of anilines is 1. The number of carboxylic acid groups (broad SMARTS) is 1. The van der Waals surface area contributed by atoms with E-state index in [2.05, 4.69) is 11.9 Å². The Hall–Kier alpha value is -2.31. The molecule has 0 aliphatic carbocycles. The second kappa shape index (κ2) is 5.55. The van der Waals surface area contributed by atoms with Gasteiger partial charge in [-0.25, -0.2) is 4.79 Å². The highest BCUT2D eigenvalue weighted by Gasteiger charge is 2.31. The smallest absolute Gasteiger partial charge is 0.416 e. The molecule has 0 spiro atoms. The van der Waals surface area contributed by atoms with Crippen LogP contribution in [0.2, 0.25) is 0 Å². The lowest BCUT2D eigenvalue weighted by Crippen LogP contribution is -2.15. The number of alkyl halides is 3. The molecular weight excluding hydrogens is 263 g/mol. The van der Waals surface area contributed by atoms with Crippen LogP contribution in [0.15, 0.2) is 30.9 Å². The topological polar surface area (TPSA) is 66.4 Å². The van der Waals surface area contributed by atoms with E-state index in [0.29, 0.717) is 12.1 Å². The zero-order valence-corrected chi connectivity index (χ0v) is 9.62. The zero-order chi connectivity index (χ0) is 14.6. The summed E-state index contributed by atoms with van der Waals surface area (Å²) >= 11 is 0. The van der Waals surface area contributed by atoms with Crippen molar-refractivity contribution < 1.29 is 27.9 Å². The average Bonchev–Trinajstić information content (AvgIpc) is 2.27. The van der Waals surface area contributed by atoms with Crippen LogP contribution >= 0.6 is 0 Å². The van der Waals surface area contributed by atoms with Gasteiger partial charge in [0.25, 0.3) is 0 Å². The fraction of sp³-hybridized carbons (Fsp3) is 0.167. The van der Waals surface area contributed by atoms with Crippen molar-refractivity contribution in [3.05, 3.63) is 42.0 Å². The fourth-order valence-corrected chi connectivity index (χ4v) is 1.34. The standard InChI is InChI=1S/C12H10F3NO3/c1-2-3-10(17)16-9-5-4-7(12(13,14)15)6-8(9)11(18)19/h2,4-6H,1,3H2,(H,16,17)(H,18,19). The number of halogens is 3. The van der Waals surface area contributed by atoms with Crippen LogP contribution in [0.1, 0.15) is 22.3 Å². The molecular formula is C12H10F3NO3. The number of amides is 1. The van der Waals surface area contributed by atoms with Gasteiger partial charge < -0.3 is 10.4 Å². The molecule has 4 nitrogen and oxygen atoms in total. The van der Waals surface area contributed by atoms with Crippen LogP contribution in [0.5, 0.6) is 0 Å². The van der Waals surface area contributed by atoms with E-state index in [1.165, 1.54) is 6.08 Å². The molecule has 1 aromatic carbocycles. The third kappa shape index (κ3) is 3.84. The molecule has 0 unspecified atom stereocenters. The van der Waals surface area contributed by atoms with E-state index in [9.17, 15) is 22.8 Å². The molecule has 7 heteroatoms. The summed E-state index contributed by atoms with van der Waals surface area (Å²) in [5.74, 6) is -2.11. The molecule has 2 N–H and O–H groups in total. The van der Waals surface area contributed by atoms with Crippen LogP contribution < -0.4 is 5.32 Å². The summed E-state index contributed by atoms with van der Waals surface area (Å²) < 4.78 is 37.4. The fourth-order valence-electron chi connectivity index (χ4n) is 1.34. The number of hydrogen-bond acceptors (Lipinski definition) is 2. The van der Waals surface area contributed by atoms with Crippen molar-refractivity contribution in [3.63, 3.8) is 0 Å². The maximum absolute atomic E-state index is 12.5. The predicted molar refractivity (Wildman–Crippen MR) is 61.8 cm³/mol. The van der Waals surface area contributed by atoms with E-state index in [0.717, 1.165) is 6.07 Å². The molecule has 1 rings (SSSR count). The molecule has 0 aliphatic rings. The molecule has 0 radical (unpaired) electrons. The van der Waals surface area contributed by atoms with Gasteiger partial charge in [-0.2, -0.15) is 13.2 Å². The van der Waals surface area contributed by atoms with E-state index < -0.39 is 29.2 Å². The lowest BCUT2D eigenvalue weighted by atomic mass is 10.1. The normalized spacial score (nSPS) is 10.9. The first kappa shape index (κ1) is 14.7. The average molecular weight is 273 g/mol. The van der Waals surface area contributed by atoms with E-state index in [-0.39, 0.29) is 12.1 Å². The minimum atomic E-state index is -4.64. The molecule has 0 bridgehead atoms. The molecule has 1 aromatic rings. The van der Waals surface area contributed by atoms with E-state index in [1.807, 2.05) is 0 Å². The van der Waals surface area contributed by atoms with Crippen LogP contribution in [0.4, 0.5) is 18.9 Å². The Balaban J connectivity index is 3.16. The molecule has 102 valence electrons. The number of carboxylic acids is 1. The number of carbonyl (C=O) groups excluding carboxylic acids is 1. The minimum Gasteiger partial charge on any atom is -0.478 e. The largest absolute Gasteiger partial charge is 0.478 e. The van der Waals surface area contributed by atoms with Crippen LogP contribution in [-0.4, -0.2) is 17.0 Å². The predicted octanol–water partition coefficient (Wildman–Crippen LogP) is 2.92. The first-order valence-corrected chi connectivity index (χ1v) is 5.11. The Morgan fingerprint density at radius 2 is 2.00 bits per heavy atom. The van der Waals surface area contributed by atoms with Crippen molar-refractivity contribution in [1.29, 1.82) is 0 Å². The van der Waals surface area contributed by atoms with E-state index in [4.69, 9.17) is 5.11 Å². The first-order valence-electron chi connectivity index (χ1n) is 5.11.